The minimum Gasteiger partial charge on any atom is -0.368 e. The summed E-state index contributed by atoms with van der Waals surface area (Å²) in [7, 11) is 0. The molecule has 5 rings (SSSR count). The second kappa shape index (κ2) is 8.14. The molecular weight excluding hydrogens is 391 g/mol. The molecule has 1 fully saturated rings. The lowest BCUT2D eigenvalue weighted by Gasteiger charge is -2.36. The second-order valence-electron chi connectivity index (χ2n) is 7.62. The summed E-state index contributed by atoms with van der Waals surface area (Å²) in [5.74, 6) is -0.293. The van der Waals surface area contributed by atoms with Crippen molar-refractivity contribution in [1.29, 1.82) is 0 Å². The largest absolute Gasteiger partial charge is 0.368 e. The van der Waals surface area contributed by atoms with Gasteiger partial charge in [-0.15, -0.1) is 0 Å². The minimum absolute atomic E-state index is 0.00278. The van der Waals surface area contributed by atoms with Crippen molar-refractivity contribution in [2.24, 2.45) is 0 Å². The van der Waals surface area contributed by atoms with E-state index in [1.807, 2.05) is 59.8 Å². The second-order valence-corrected chi connectivity index (χ2v) is 7.62. The number of carbonyl (C=O) groups is 1. The van der Waals surface area contributed by atoms with Crippen LogP contribution in [0.4, 0.5) is 10.1 Å². The molecule has 0 aliphatic carbocycles. The summed E-state index contributed by atoms with van der Waals surface area (Å²) in [5.41, 5.74) is 3.99. The molecule has 0 unspecified atom stereocenters. The van der Waals surface area contributed by atoms with E-state index < -0.39 is 0 Å². The Morgan fingerprint density at radius 1 is 0.903 bits per heavy atom. The van der Waals surface area contributed by atoms with E-state index in [0.717, 1.165) is 35.2 Å². The third kappa shape index (κ3) is 3.84. The number of benzene rings is 2. The molecule has 3 heterocycles. The number of pyridine rings is 2. The standard InChI is InChI=1S/C25H21FN4O/c26-19-7-5-18(6-8-19)24-17-22(21-3-1-2-4-23(21)28-24)25(31)30-15-13-29(14-16-30)20-9-11-27-12-10-20/h1-12,17H,13-16H2/p+1. The lowest BCUT2D eigenvalue weighted by atomic mass is 10.0. The van der Waals surface area contributed by atoms with Crippen LogP contribution in [0, 0.1) is 5.82 Å². The molecule has 154 valence electrons. The molecule has 0 radical (unpaired) electrons. The van der Waals surface area contributed by atoms with Gasteiger partial charge in [0.05, 0.1) is 16.8 Å². The average Bonchev–Trinajstić information content (AvgIpc) is 2.84. The summed E-state index contributed by atoms with van der Waals surface area (Å²) in [6.07, 6.45) is 3.82. The van der Waals surface area contributed by atoms with E-state index >= 15 is 0 Å². The smallest absolute Gasteiger partial charge is 0.254 e. The van der Waals surface area contributed by atoms with E-state index in [9.17, 15) is 9.18 Å². The zero-order valence-corrected chi connectivity index (χ0v) is 17.0. The van der Waals surface area contributed by atoms with Gasteiger partial charge in [-0.3, -0.25) is 4.79 Å². The Labute approximate surface area is 179 Å². The number of H-pyrrole nitrogens is 1. The SMILES string of the molecule is O=C(c1cc(-c2ccc(F)cc2)nc2ccccc12)N1CCN(c2cc[nH+]cc2)CC1. The molecule has 0 spiro atoms. The predicted molar refractivity (Wildman–Crippen MR) is 118 cm³/mol. The number of anilines is 1. The van der Waals surface area contributed by atoms with Crippen LogP contribution in [0.25, 0.3) is 22.2 Å². The number of hydrogen-bond acceptors (Lipinski definition) is 3. The first-order valence-corrected chi connectivity index (χ1v) is 10.3. The van der Waals surface area contributed by atoms with Gasteiger partial charge in [-0.25, -0.2) is 14.4 Å². The van der Waals surface area contributed by atoms with Crippen molar-refractivity contribution >= 4 is 22.5 Å². The molecule has 0 atom stereocenters. The first kappa shape index (κ1) is 19.2. The Balaban J connectivity index is 1.45. The number of halogens is 1. The summed E-state index contributed by atoms with van der Waals surface area (Å²) >= 11 is 0. The Bertz CT molecular complexity index is 1220. The number of piperazine rings is 1. The normalized spacial score (nSPS) is 14.1. The van der Waals surface area contributed by atoms with E-state index in [2.05, 4.69) is 9.88 Å². The fourth-order valence-corrected chi connectivity index (χ4v) is 4.05. The van der Waals surface area contributed by atoms with Crippen LogP contribution in [0.1, 0.15) is 10.4 Å². The number of fused-ring (bicyclic) bond motifs is 1. The summed E-state index contributed by atoms with van der Waals surface area (Å²) in [4.78, 5) is 25.4. The van der Waals surface area contributed by atoms with Gasteiger partial charge in [0, 0.05) is 54.9 Å². The van der Waals surface area contributed by atoms with Crippen LogP contribution >= 0.6 is 0 Å². The van der Waals surface area contributed by atoms with Gasteiger partial charge in [0.1, 0.15) is 5.82 Å². The lowest BCUT2D eigenvalue weighted by molar-refractivity contribution is -0.377. The molecule has 31 heavy (non-hydrogen) atoms. The topological polar surface area (TPSA) is 50.6 Å². The lowest BCUT2D eigenvalue weighted by Crippen LogP contribution is -2.48. The first-order chi connectivity index (χ1) is 15.2. The van der Waals surface area contributed by atoms with Gasteiger partial charge in [-0.2, -0.15) is 0 Å². The maximum Gasteiger partial charge on any atom is 0.254 e. The number of carbonyl (C=O) groups excluding carboxylic acids is 1. The van der Waals surface area contributed by atoms with Crippen molar-refractivity contribution in [3.05, 3.63) is 90.5 Å². The van der Waals surface area contributed by atoms with Gasteiger partial charge in [0.2, 0.25) is 0 Å². The highest BCUT2D eigenvalue weighted by Gasteiger charge is 2.24. The maximum absolute atomic E-state index is 13.5. The number of hydrogen-bond donors (Lipinski definition) is 0. The molecular formula is C25H22FN4O+. The number of aromatic nitrogens is 2. The van der Waals surface area contributed by atoms with Gasteiger partial charge in [-0.1, -0.05) is 18.2 Å². The number of nitrogens with one attached hydrogen (secondary N) is 1. The quantitative estimate of drug-likeness (QED) is 0.513. The predicted octanol–water partition coefficient (Wildman–Crippen LogP) is 3.82. The molecule has 1 amide bonds. The minimum atomic E-state index is -0.296. The third-order valence-electron chi connectivity index (χ3n) is 5.72. The van der Waals surface area contributed by atoms with Crippen molar-refractivity contribution < 1.29 is 14.2 Å². The van der Waals surface area contributed by atoms with Crippen LogP contribution in [-0.4, -0.2) is 42.0 Å². The summed E-state index contributed by atoms with van der Waals surface area (Å²) in [6, 6.07) is 19.8. The van der Waals surface area contributed by atoms with Crippen molar-refractivity contribution in [2.75, 3.05) is 31.1 Å². The monoisotopic (exact) mass is 413 g/mol. The van der Waals surface area contributed by atoms with Gasteiger partial charge in [0.15, 0.2) is 12.4 Å². The molecule has 0 saturated carbocycles. The van der Waals surface area contributed by atoms with Crippen molar-refractivity contribution in [1.82, 2.24) is 9.88 Å². The van der Waals surface area contributed by atoms with Crippen molar-refractivity contribution in [2.45, 2.75) is 0 Å². The highest BCUT2D eigenvalue weighted by molar-refractivity contribution is 6.07. The van der Waals surface area contributed by atoms with E-state index in [4.69, 9.17) is 4.98 Å². The fraction of sp³-hybridized carbons (Fsp3) is 0.160. The number of rotatable bonds is 3. The summed E-state index contributed by atoms with van der Waals surface area (Å²) < 4.78 is 13.4. The van der Waals surface area contributed by atoms with Crippen LogP contribution in [-0.2, 0) is 0 Å². The molecule has 0 bridgehead atoms. The van der Waals surface area contributed by atoms with E-state index in [-0.39, 0.29) is 11.7 Å². The summed E-state index contributed by atoms with van der Waals surface area (Å²) in [5, 5.41) is 0.833. The van der Waals surface area contributed by atoms with Crippen LogP contribution in [0.15, 0.2) is 79.1 Å². The molecule has 2 aromatic heterocycles. The molecule has 1 aliphatic rings. The van der Waals surface area contributed by atoms with Gasteiger partial charge in [0.25, 0.3) is 5.91 Å². The molecule has 5 nitrogen and oxygen atoms in total. The first-order valence-electron chi connectivity index (χ1n) is 10.3. The molecule has 4 aromatic rings. The van der Waals surface area contributed by atoms with E-state index in [1.165, 1.54) is 12.1 Å². The van der Waals surface area contributed by atoms with Crippen molar-refractivity contribution in [3.8, 4) is 11.3 Å². The Morgan fingerprint density at radius 2 is 1.61 bits per heavy atom. The Hall–Kier alpha value is -3.80. The number of para-hydroxylation sites is 1. The highest BCUT2D eigenvalue weighted by atomic mass is 19.1. The average molecular weight is 413 g/mol. The zero-order chi connectivity index (χ0) is 21.2. The zero-order valence-electron chi connectivity index (χ0n) is 17.0. The molecule has 1 N–H and O–H groups in total. The van der Waals surface area contributed by atoms with Gasteiger partial charge >= 0.3 is 0 Å². The molecule has 1 saturated heterocycles. The number of aromatic amines is 1. The third-order valence-corrected chi connectivity index (χ3v) is 5.72. The van der Waals surface area contributed by atoms with Gasteiger partial charge < -0.3 is 9.80 Å². The van der Waals surface area contributed by atoms with Crippen LogP contribution in [0.5, 0.6) is 0 Å². The molecule has 2 aromatic carbocycles. The number of nitrogens with zero attached hydrogens (tertiary/aromatic N) is 3. The van der Waals surface area contributed by atoms with E-state index in [1.54, 1.807) is 12.1 Å². The van der Waals surface area contributed by atoms with Crippen LogP contribution < -0.4 is 9.88 Å². The van der Waals surface area contributed by atoms with Crippen molar-refractivity contribution in [3.63, 3.8) is 0 Å². The number of amides is 1. The maximum atomic E-state index is 13.5. The molecule has 6 heteroatoms. The van der Waals surface area contributed by atoms with E-state index in [0.29, 0.717) is 24.3 Å². The highest BCUT2D eigenvalue weighted by Crippen LogP contribution is 2.26. The van der Waals surface area contributed by atoms with Crippen LogP contribution in [0.3, 0.4) is 0 Å². The fourth-order valence-electron chi connectivity index (χ4n) is 4.05. The Morgan fingerprint density at radius 3 is 2.35 bits per heavy atom. The van der Waals surface area contributed by atoms with Gasteiger partial charge in [-0.05, 0) is 36.4 Å². The van der Waals surface area contributed by atoms with Crippen LogP contribution in [0.2, 0.25) is 0 Å². The molecule has 1 aliphatic heterocycles. The Kier molecular flexibility index (Phi) is 5.04. The summed E-state index contributed by atoms with van der Waals surface area (Å²) in [6.45, 7) is 2.87.